The molecule has 1 fully saturated rings. The van der Waals surface area contributed by atoms with E-state index in [0.29, 0.717) is 13.1 Å². The van der Waals surface area contributed by atoms with Gasteiger partial charge in [-0.1, -0.05) is 0 Å². The van der Waals surface area contributed by atoms with E-state index in [4.69, 9.17) is 15.7 Å². The largest absolute Gasteiger partial charge is 0.464 e. The molecule has 2 heterocycles. The Kier molecular flexibility index (Phi) is 4.63. The molecule has 1 aromatic carbocycles. The van der Waals surface area contributed by atoms with E-state index in [2.05, 4.69) is 0 Å². The van der Waals surface area contributed by atoms with Gasteiger partial charge in [0.1, 0.15) is 11.9 Å². The summed E-state index contributed by atoms with van der Waals surface area (Å²) in [6, 6.07) is 5.88. The van der Waals surface area contributed by atoms with Crippen LogP contribution in [0.25, 0.3) is 5.69 Å². The molecule has 8 heteroatoms. The van der Waals surface area contributed by atoms with Crippen molar-refractivity contribution in [2.75, 3.05) is 25.9 Å². The van der Waals surface area contributed by atoms with Gasteiger partial charge in [-0.25, -0.2) is 9.18 Å². The van der Waals surface area contributed by atoms with Gasteiger partial charge in [-0.05, 0) is 31.0 Å². The molecule has 26 heavy (non-hydrogen) atoms. The Morgan fingerprint density at radius 1 is 1.31 bits per heavy atom. The number of carbonyl (C=O) groups excluding carboxylic acids is 2. The highest BCUT2D eigenvalue weighted by atomic mass is 19.1. The monoisotopic (exact) mass is 356 g/mol. The van der Waals surface area contributed by atoms with Crippen molar-refractivity contribution in [1.82, 2.24) is 9.47 Å². The molecule has 0 saturated carbocycles. The normalized spacial score (nSPS) is 13.5. The van der Waals surface area contributed by atoms with E-state index in [1.54, 1.807) is 4.90 Å². The minimum atomic E-state index is -0.748. The molecule has 3 rings (SSSR count). The summed E-state index contributed by atoms with van der Waals surface area (Å²) < 4.78 is 20.5. The molecule has 7 nitrogen and oxygen atoms in total. The van der Waals surface area contributed by atoms with Crippen LogP contribution in [-0.2, 0) is 4.74 Å². The quantitative estimate of drug-likeness (QED) is 0.849. The fraction of sp³-hybridized carbons (Fsp3) is 0.278. The van der Waals surface area contributed by atoms with Crippen LogP contribution in [0.1, 0.15) is 39.3 Å². The molecule has 0 atom stereocenters. The first-order valence-electron chi connectivity index (χ1n) is 8.06. The van der Waals surface area contributed by atoms with Crippen LogP contribution in [0.4, 0.5) is 10.1 Å². The molecule has 2 N–H and O–H groups in total. The van der Waals surface area contributed by atoms with Crippen molar-refractivity contribution in [2.45, 2.75) is 12.8 Å². The highest BCUT2D eigenvalue weighted by molar-refractivity contribution is 5.96. The smallest absolute Gasteiger partial charge is 0.357 e. The van der Waals surface area contributed by atoms with E-state index in [1.165, 1.54) is 30.0 Å². The predicted molar refractivity (Wildman–Crippen MR) is 91.3 cm³/mol. The lowest BCUT2D eigenvalue weighted by atomic mass is 10.1. The molecular weight excluding hydrogens is 339 g/mol. The van der Waals surface area contributed by atoms with Crippen LogP contribution in [0.3, 0.4) is 0 Å². The fourth-order valence-electron chi connectivity index (χ4n) is 3.04. The van der Waals surface area contributed by atoms with Crippen LogP contribution in [0, 0.1) is 17.1 Å². The summed E-state index contributed by atoms with van der Waals surface area (Å²) in [6.07, 6.45) is 3.15. The maximum atomic E-state index is 14.6. The van der Waals surface area contributed by atoms with Gasteiger partial charge >= 0.3 is 5.97 Å². The van der Waals surface area contributed by atoms with Crippen molar-refractivity contribution in [2.24, 2.45) is 0 Å². The summed E-state index contributed by atoms with van der Waals surface area (Å²) in [5.41, 5.74) is 6.02. The third-order valence-corrected chi connectivity index (χ3v) is 4.40. The number of amides is 1. The fourth-order valence-corrected chi connectivity index (χ4v) is 3.04. The van der Waals surface area contributed by atoms with Gasteiger partial charge in [0.25, 0.3) is 5.91 Å². The van der Waals surface area contributed by atoms with Gasteiger partial charge in [-0.3, -0.25) is 4.79 Å². The first kappa shape index (κ1) is 17.5. The molecular formula is C18H17FN4O3. The third kappa shape index (κ3) is 2.88. The zero-order valence-corrected chi connectivity index (χ0v) is 14.2. The minimum Gasteiger partial charge on any atom is -0.464 e. The van der Waals surface area contributed by atoms with Gasteiger partial charge in [-0.15, -0.1) is 0 Å². The van der Waals surface area contributed by atoms with Gasteiger partial charge in [0.2, 0.25) is 0 Å². The first-order chi connectivity index (χ1) is 12.5. The molecule has 0 unspecified atom stereocenters. The van der Waals surface area contributed by atoms with Crippen molar-refractivity contribution in [3.05, 3.63) is 47.0 Å². The average molecular weight is 356 g/mol. The summed E-state index contributed by atoms with van der Waals surface area (Å²) >= 11 is 0. The summed E-state index contributed by atoms with van der Waals surface area (Å²) in [7, 11) is 1.18. The van der Waals surface area contributed by atoms with Gasteiger partial charge in [0.15, 0.2) is 5.69 Å². The van der Waals surface area contributed by atoms with Crippen LogP contribution in [-0.4, -0.2) is 41.5 Å². The molecule has 1 aromatic heterocycles. The Morgan fingerprint density at radius 2 is 2.00 bits per heavy atom. The Hall–Kier alpha value is -3.34. The highest BCUT2D eigenvalue weighted by Gasteiger charge is 2.25. The Balaban J connectivity index is 2.03. The molecule has 2 aromatic rings. The van der Waals surface area contributed by atoms with E-state index in [9.17, 15) is 14.0 Å². The lowest BCUT2D eigenvalue weighted by molar-refractivity contribution is 0.0592. The summed E-state index contributed by atoms with van der Waals surface area (Å²) in [6.45, 7) is 1.23. The van der Waals surface area contributed by atoms with Gasteiger partial charge in [0.05, 0.1) is 23.9 Å². The second-order valence-corrected chi connectivity index (χ2v) is 5.94. The van der Waals surface area contributed by atoms with Crippen molar-refractivity contribution < 1.29 is 18.7 Å². The van der Waals surface area contributed by atoms with Crippen LogP contribution in [0.5, 0.6) is 0 Å². The molecule has 1 amide bonds. The molecule has 0 spiro atoms. The number of esters is 1. The predicted octanol–water partition coefficient (Wildman–Crippen LogP) is 2.09. The molecule has 0 bridgehead atoms. The number of nitriles is 1. The molecule has 1 aliphatic heterocycles. The first-order valence-corrected chi connectivity index (χ1v) is 8.06. The second-order valence-electron chi connectivity index (χ2n) is 5.94. The molecule has 0 radical (unpaired) electrons. The van der Waals surface area contributed by atoms with E-state index < -0.39 is 11.8 Å². The van der Waals surface area contributed by atoms with E-state index in [0.717, 1.165) is 18.9 Å². The molecule has 1 saturated heterocycles. The van der Waals surface area contributed by atoms with Gasteiger partial charge < -0.3 is 19.9 Å². The second kappa shape index (κ2) is 6.88. The van der Waals surface area contributed by atoms with E-state index in [-0.39, 0.29) is 34.1 Å². The number of aromatic nitrogens is 1. The average Bonchev–Trinajstić information content (AvgIpc) is 3.28. The van der Waals surface area contributed by atoms with Crippen LogP contribution < -0.4 is 5.73 Å². The molecule has 134 valence electrons. The lowest BCUT2D eigenvalue weighted by Gasteiger charge is -2.16. The van der Waals surface area contributed by atoms with Crippen molar-refractivity contribution >= 4 is 17.6 Å². The Morgan fingerprint density at radius 3 is 2.58 bits per heavy atom. The SMILES string of the molecule is COC(=O)c1c(N)c(C#N)cn1-c1ccc(C(=O)N2CCCC2)c(F)c1. The van der Waals surface area contributed by atoms with E-state index in [1.807, 2.05) is 6.07 Å². The number of anilines is 1. The van der Waals surface area contributed by atoms with Crippen molar-refractivity contribution in [3.8, 4) is 11.8 Å². The number of methoxy groups -OCH3 is 1. The maximum Gasteiger partial charge on any atom is 0.357 e. The number of halogens is 1. The van der Waals surface area contributed by atoms with Gasteiger partial charge in [-0.2, -0.15) is 5.26 Å². The number of carbonyl (C=O) groups is 2. The molecule has 0 aliphatic carbocycles. The standard InChI is InChI=1S/C18H17FN4O3/c1-26-18(25)16-15(21)11(9-20)10-23(16)12-4-5-13(14(19)8-12)17(24)22-6-2-3-7-22/h4-5,8,10H,2-3,6-7,21H2,1H3. The van der Waals surface area contributed by atoms with E-state index >= 15 is 0 Å². The number of hydrogen-bond acceptors (Lipinski definition) is 5. The third-order valence-electron chi connectivity index (χ3n) is 4.40. The number of nitrogens with two attached hydrogens (primary N) is 1. The number of likely N-dealkylation sites (tertiary alicyclic amines) is 1. The van der Waals surface area contributed by atoms with Gasteiger partial charge in [0, 0.05) is 25.0 Å². The zero-order chi connectivity index (χ0) is 18.8. The Bertz CT molecular complexity index is 923. The Labute approximate surface area is 149 Å². The number of nitrogens with zero attached hydrogens (tertiary/aromatic N) is 3. The summed E-state index contributed by atoms with van der Waals surface area (Å²) in [5, 5.41) is 9.13. The minimum absolute atomic E-state index is 0.0316. The van der Waals surface area contributed by atoms with Crippen LogP contribution >= 0.6 is 0 Å². The highest BCUT2D eigenvalue weighted by Crippen LogP contribution is 2.26. The maximum absolute atomic E-state index is 14.6. The van der Waals surface area contributed by atoms with Crippen molar-refractivity contribution in [1.29, 1.82) is 5.26 Å². The zero-order valence-electron chi connectivity index (χ0n) is 14.2. The number of benzene rings is 1. The summed E-state index contributed by atoms with van der Waals surface area (Å²) in [5.74, 6) is -1.81. The topological polar surface area (TPSA) is 101 Å². The lowest BCUT2D eigenvalue weighted by Crippen LogP contribution is -2.28. The van der Waals surface area contributed by atoms with Crippen molar-refractivity contribution in [3.63, 3.8) is 0 Å². The number of nitrogen functional groups attached to an aromatic ring is 1. The van der Waals surface area contributed by atoms with Crippen LogP contribution in [0.15, 0.2) is 24.4 Å². The number of ether oxygens (including phenoxy) is 1. The summed E-state index contributed by atoms with van der Waals surface area (Å²) in [4.78, 5) is 26.0. The molecule has 1 aliphatic rings. The van der Waals surface area contributed by atoms with Crippen LogP contribution in [0.2, 0.25) is 0 Å². The number of hydrogen-bond donors (Lipinski definition) is 1. The number of rotatable bonds is 3.